The molecule has 13 nitrogen and oxygen atoms in total. The van der Waals surface area contributed by atoms with Crippen LogP contribution in [0.1, 0.15) is 226 Å². The maximum atomic E-state index is 12.8. The van der Waals surface area contributed by atoms with Gasteiger partial charge in [-0.1, -0.05) is 173 Å². The highest BCUT2D eigenvalue weighted by Crippen LogP contribution is 2.47. The van der Waals surface area contributed by atoms with Crippen molar-refractivity contribution < 1.29 is 63.1 Å². The number of rotatable bonds is 43. The number of esters is 2. The molecule has 1 aliphatic rings. The Morgan fingerprint density at radius 2 is 0.797 bits per heavy atom. The maximum Gasteiger partial charge on any atom is 0.472 e. The Labute approximate surface area is 387 Å². The van der Waals surface area contributed by atoms with E-state index in [0.717, 1.165) is 70.6 Å². The Bertz CT molecular complexity index is 1220. The molecular formula is C50H93O13P. The van der Waals surface area contributed by atoms with E-state index in [4.69, 9.17) is 18.5 Å². The fraction of sp³-hybridized carbons (Fsp3) is 0.880. The van der Waals surface area contributed by atoms with Crippen LogP contribution < -0.4 is 0 Å². The summed E-state index contributed by atoms with van der Waals surface area (Å²) >= 11 is 0. The number of unbranched alkanes of at least 4 members (excludes halogenated alkanes) is 27. The summed E-state index contributed by atoms with van der Waals surface area (Å²) in [6.45, 7) is 3.31. The van der Waals surface area contributed by atoms with Gasteiger partial charge in [0.15, 0.2) is 6.10 Å². The van der Waals surface area contributed by atoms with Crippen molar-refractivity contribution in [2.24, 2.45) is 0 Å². The summed E-state index contributed by atoms with van der Waals surface area (Å²) in [5, 5.41) is 50.2. The Morgan fingerprint density at radius 1 is 0.469 bits per heavy atom. The van der Waals surface area contributed by atoms with Crippen LogP contribution in [-0.4, -0.2) is 98.3 Å². The monoisotopic (exact) mass is 933 g/mol. The molecule has 0 aromatic rings. The molecule has 376 valence electrons. The molecule has 6 N–H and O–H groups in total. The lowest BCUT2D eigenvalue weighted by molar-refractivity contribution is -0.220. The molecule has 0 spiro atoms. The second-order valence-electron chi connectivity index (χ2n) is 18.0. The van der Waals surface area contributed by atoms with Crippen LogP contribution in [-0.2, 0) is 32.7 Å². The average molecular weight is 933 g/mol. The first-order valence-corrected chi connectivity index (χ1v) is 27.1. The lowest BCUT2D eigenvalue weighted by Gasteiger charge is -2.41. The largest absolute Gasteiger partial charge is 0.472 e. The van der Waals surface area contributed by atoms with Gasteiger partial charge < -0.3 is 39.9 Å². The number of phosphoric acid groups is 1. The number of phosphoric ester groups is 1. The van der Waals surface area contributed by atoms with Crippen LogP contribution in [0.3, 0.4) is 0 Å². The second-order valence-corrected chi connectivity index (χ2v) is 19.4. The van der Waals surface area contributed by atoms with E-state index in [1.54, 1.807) is 0 Å². The van der Waals surface area contributed by atoms with Gasteiger partial charge >= 0.3 is 19.8 Å². The molecule has 1 saturated carbocycles. The van der Waals surface area contributed by atoms with E-state index in [-0.39, 0.29) is 12.8 Å². The predicted octanol–water partition coefficient (Wildman–Crippen LogP) is 10.8. The van der Waals surface area contributed by atoms with Crippen LogP contribution in [0.4, 0.5) is 0 Å². The topological polar surface area (TPSA) is 210 Å². The lowest BCUT2D eigenvalue weighted by atomic mass is 9.85. The quantitative estimate of drug-likeness (QED) is 0.0146. The van der Waals surface area contributed by atoms with Gasteiger partial charge in [-0.2, -0.15) is 0 Å². The molecule has 1 rings (SSSR count). The molecule has 6 unspecified atom stereocenters. The van der Waals surface area contributed by atoms with Crippen LogP contribution in [0.2, 0.25) is 0 Å². The van der Waals surface area contributed by atoms with Crippen molar-refractivity contribution in [3.8, 4) is 0 Å². The molecule has 1 aliphatic carbocycles. The smallest absolute Gasteiger partial charge is 0.462 e. The van der Waals surface area contributed by atoms with Gasteiger partial charge in [0.25, 0.3) is 0 Å². The van der Waals surface area contributed by atoms with E-state index in [9.17, 15) is 44.6 Å². The van der Waals surface area contributed by atoms with Gasteiger partial charge in [0, 0.05) is 12.8 Å². The van der Waals surface area contributed by atoms with E-state index in [1.165, 1.54) is 116 Å². The number of allylic oxidation sites excluding steroid dienone is 4. The Balaban J connectivity index is 2.39. The summed E-state index contributed by atoms with van der Waals surface area (Å²) in [5.74, 6) is -1.10. The average Bonchev–Trinajstić information content (AvgIpc) is 3.28. The molecular weight excluding hydrogens is 840 g/mol. The molecule has 0 aromatic heterocycles. The summed E-state index contributed by atoms with van der Waals surface area (Å²) < 4.78 is 33.6. The summed E-state index contributed by atoms with van der Waals surface area (Å²) in [4.78, 5) is 35.8. The fourth-order valence-corrected chi connectivity index (χ4v) is 8.84. The SMILES string of the molecule is CCCCCCC/C=C\CCCCCCCC(=O)OCC(COP(=O)(O)OC1C(O)C(O)C(O)C(O)C1O)OC(=O)CCCCCCCCCCC/C=C\CCCCCCCCCC. The Kier molecular flexibility index (Phi) is 38.1. The standard InChI is InChI=1S/C50H93O13P/c1-3-5-7-9-11-13-15-17-19-20-21-22-23-24-25-27-29-31-33-35-37-39-44(52)62-42(41-61-64(58,59)63-50-48(56)46(54)45(53)47(55)49(50)57)40-60-43(51)38-36-34-32-30-28-26-18-16-14-12-10-8-6-4-2/h16,18,20-21,42,45-50,53-57H,3-15,17,19,22-41H2,1-2H3,(H,58,59)/b18-16-,21-20-. The van der Waals surface area contributed by atoms with E-state index in [0.29, 0.717) is 12.8 Å². The highest BCUT2D eigenvalue weighted by atomic mass is 31.2. The van der Waals surface area contributed by atoms with Crippen molar-refractivity contribution >= 4 is 19.8 Å². The first-order valence-electron chi connectivity index (χ1n) is 25.6. The third-order valence-corrected chi connectivity index (χ3v) is 13.0. The second kappa shape index (κ2) is 40.4. The van der Waals surface area contributed by atoms with Gasteiger partial charge in [-0.25, -0.2) is 4.57 Å². The highest BCUT2D eigenvalue weighted by molar-refractivity contribution is 7.47. The highest BCUT2D eigenvalue weighted by Gasteiger charge is 2.51. The molecule has 6 atom stereocenters. The van der Waals surface area contributed by atoms with Gasteiger partial charge in [-0.15, -0.1) is 0 Å². The molecule has 0 saturated heterocycles. The number of ether oxygens (including phenoxy) is 2. The van der Waals surface area contributed by atoms with Crippen molar-refractivity contribution in [1.82, 2.24) is 0 Å². The van der Waals surface area contributed by atoms with E-state index in [2.05, 4.69) is 38.2 Å². The fourth-order valence-electron chi connectivity index (χ4n) is 7.87. The van der Waals surface area contributed by atoms with Crippen LogP contribution in [0, 0.1) is 0 Å². The molecule has 1 fully saturated rings. The molecule has 0 amide bonds. The van der Waals surface area contributed by atoms with Gasteiger partial charge in [-0.05, 0) is 64.2 Å². The molecule has 0 heterocycles. The van der Waals surface area contributed by atoms with Crippen LogP contribution in [0.5, 0.6) is 0 Å². The molecule has 0 radical (unpaired) electrons. The van der Waals surface area contributed by atoms with Crippen molar-refractivity contribution in [3.05, 3.63) is 24.3 Å². The molecule has 64 heavy (non-hydrogen) atoms. The minimum absolute atomic E-state index is 0.0949. The maximum absolute atomic E-state index is 12.8. The van der Waals surface area contributed by atoms with E-state index < -0.39 is 75.7 Å². The summed E-state index contributed by atoms with van der Waals surface area (Å²) in [7, 11) is -5.12. The third-order valence-electron chi connectivity index (χ3n) is 12.0. The van der Waals surface area contributed by atoms with Crippen molar-refractivity contribution in [3.63, 3.8) is 0 Å². The van der Waals surface area contributed by atoms with Crippen LogP contribution in [0.25, 0.3) is 0 Å². The van der Waals surface area contributed by atoms with E-state index >= 15 is 0 Å². The van der Waals surface area contributed by atoms with Crippen molar-refractivity contribution in [2.45, 2.75) is 268 Å². The molecule has 0 bridgehead atoms. The lowest BCUT2D eigenvalue weighted by Crippen LogP contribution is -2.64. The number of hydrogen-bond acceptors (Lipinski definition) is 12. The van der Waals surface area contributed by atoms with Crippen molar-refractivity contribution in [1.29, 1.82) is 0 Å². The van der Waals surface area contributed by atoms with Gasteiger partial charge in [-0.3, -0.25) is 18.6 Å². The Morgan fingerprint density at radius 3 is 1.19 bits per heavy atom. The predicted molar refractivity (Wildman–Crippen MR) is 254 cm³/mol. The Hall–Kier alpha value is -1.67. The van der Waals surface area contributed by atoms with Gasteiger partial charge in [0.2, 0.25) is 0 Å². The van der Waals surface area contributed by atoms with Crippen molar-refractivity contribution in [2.75, 3.05) is 13.2 Å². The number of carbonyl (C=O) groups is 2. The first-order chi connectivity index (χ1) is 30.9. The molecule has 0 aromatic carbocycles. The first kappa shape index (κ1) is 60.3. The third kappa shape index (κ3) is 32.1. The normalized spacial score (nSPS) is 21.7. The minimum atomic E-state index is -5.12. The van der Waals surface area contributed by atoms with E-state index in [1.807, 2.05) is 0 Å². The number of carbonyl (C=O) groups excluding carboxylic acids is 2. The minimum Gasteiger partial charge on any atom is -0.462 e. The van der Waals surface area contributed by atoms with Crippen LogP contribution in [0.15, 0.2) is 24.3 Å². The summed E-state index contributed by atoms with van der Waals surface area (Å²) in [6.07, 6.45) is 32.3. The zero-order chi connectivity index (χ0) is 47.1. The number of hydrogen-bond donors (Lipinski definition) is 6. The summed E-state index contributed by atoms with van der Waals surface area (Å²) in [6, 6.07) is 0. The zero-order valence-electron chi connectivity index (χ0n) is 40.1. The number of aliphatic hydroxyl groups excluding tert-OH is 5. The van der Waals surface area contributed by atoms with Crippen LogP contribution >= 0.6 is 7.82 Å². The summed E-state index contributed by atoms with van der Waals surface area (Å²) in [5.41, 5.74) is 0. The van der Waals surface area contributed by atoms with Gasteiger partial charge in [0.1, 0.15) is 43.2 Å². The molecule has 14 heteroatoms. The molecule has 0 aliphatic heterocycles. The zero-order valence-corrected chi connectivity index (χ0v) is 41.0. The van der Waals surface area contributed by atoms with Gasteiger partial charge in [0.05, 0.1) is 6.61 Å². The number of aliphatic hydroxyl groups is 5.